The van der Waals surface area contributed by atoms with Gasteiger partial charge in [0.15, 0.2) is 0 Å². The molecule has 0 radical (unpaired) electrons. The van der Waals surface area contributed by atoms with Gasteiger partial charge in [0.2, 0.25) is 0 Å². The molecule has 0 amide bonds. The lowest BCUT2D eigenvalue weighted by Crippen LogP contribution is -1.90. The molecule has 0 saturated carbocycles. The van der Waals surface area contributed by atoms with Crippen LogP contribution in [0.2, 0.25) is 0 Å². The molecule has 250 valence electrons. The summed E-state index contributed by atoms with van der Waals surface area (Å²) in [6.45, 7) is 0. The fourth-order valence-electron chi connectivity index (χ4n) is 8.85. The molecule has 10 aromatic carbocycles. The maximum Gasteiger partial charge on any atom is 0.139 e. The maximum absolute atomic E-state index is 6.44. The summed E-state index contributed by atoms with van der Waals surface area (Å²) in [6.07, 6.45) is 0. The van der Waals surface area contributed by atoms with E-state index in [0.717, 1.165) is 49.3 Å². The summed E-state index contributed by atoms with van der Waals surface area (Å²) < 4.78 is 12.6. The zero-order chi connectivity index (χ0) is 35.3. The highest BCUT2D eigenvalue weighted by molar-refractivity contribution is 6.22. The number of fused-ring (bicyclic) bond motifs is 10. The number of benzene rings is 10. The second-order valence-corrected chi connectivity index (χ2v) is 14.4. The minimum absolute atomic E-state index is 0.842. The van der Waals surface area contributed by atoms with Gasteiger partial charge >= 0.3 is 0 Å². The highest BCUT2D eigenvalue weighted by atomic mass is 16.3. The van der Waals surface area contributed by atoms with Gasteiger partial charge in [-0.1, -0.05) is 133 Å². The van der Waals surface area contributed by atoms with Crippen LogP contribution in [0, 0.1) is 0 Å². The number of hydrogen-bond donors (Lipinski definition) is 0. The van der Waals surface area contributed by atoms with Crippen LogP contribution in [0.4, 0.5) is 0 Å². The first-order valence-corrected chi connectivity index (χ1v) is 18.5. The van der Waals surface area contributed by atoms with Gasteiger partial charge < -0.3 is 8.83 Å². The summed E-state index contributed by atoms with van der Waals surface area (Å²) in [5.74, 6) is 0. The number of hydrogen-bond acceptors (Lipinski definition) is 2. The molecule has 12 aromatic rings. The van der Waals surface area contributed by atoms with Crippen molar-refractivity contribution in [2.24, 2.45) is 0 Å². The number of para-hydroxylation sites is 1. The van der Waals surface area contributed by atoms with Gasteiger partial charge in [-0.05, 0) is 119 Å². The molecule has 54 heavy (non-hydrogen) atoms. The quantitative estimate of drug-likeness (QED) is 0.173. The van der Waals surface area contributed by atoms with Gasteiger partial charge in [0, 0.05) is 27.6 Å². The lowest BCUT2D eigenvalue weighted by atomic mass is 9.85. The molecule has 0 saturated heterocycles. The highest BCUT2D eigenvalue weighted by Gasteiger charge is 2.17. The first-order valence-electron chi connectivity index (χ1n) is 18.5. The monoisotopic (exact) mass is 686 g/mol. The summed E-state index contributed by atoms with van der Waals surface area (Å²) in [6, 6.07) is 65.9. The van der Waals surface area contributed by atoms with Crippen molar-refractivity contribution in [3.8, 4) is 33.4 Å². The van der Waals surface area contributed by atoms with Gasteiger partial charge in [-0.3, -0.25) is 0 Å². The molecule has 2 nitrogen and oxygen atoms in total. The standard InChI is InChI=1S/C52H30O2/c1-2-10-31(11-3-1)51-40-13-4-6-15-42(40)52(43-16-7-5-14-41(43)51)37-23-22-33-24-32(18-19-34(33)25-37)35-20-21-36-27-44-46-29-45-39-12-8-9-17-47(39)53-49(45)30-50(46)54-48(44)28-38(36)26-35/h1-30H. The van der Waals surface area contributed by atoms with Gasteiger partial charge in [0.05, 0.1) is 0 Å². The number of furan rings is 2. The van der Waals surface area contributed by atoms with E-state index in [1.165, 1.54) is 71.1 Å². The fourth-order valence-corrected chi connectivity index (χ4v) is 8.85. The number of rotatable bonds is 3. The van der Waals surface area contributed by atoms with Gasteiger partial charge in [0.1, 0.15) is 22.3 Å². The largest absolute Gasteiger partial charge is 0.456 e. The molecule has 0 bridgehead atoms. The van der Waals surface area contributed by atoms with E-state index in [1.807, 2.05) is 18.2 Å². The summed E-state index contributed by atoms with van der Waals surface area (Å²) in [7, 11) is 0. The van der Waals surface area contributed by atoms with Crippen LogP contribution in [0.15, 0.2) is 191 Å². The predicted molar refractivity (Wildman–Crippen MR) is 227 cm³/mol. The Bertz CT molecular complexity index is 3430. The van der Waals surface area contributed by atoms with Crippen molar-refractivity contribution in [1.29, 1.82) is 0 Å². The summed E-state index contributed by atoms with van der Waals surface area (Å²) in [4.78, 5) is 0. The first-order chi connectivity index (χ1) is 26.7. The van der Waals surface area contributed by atoms with Gasteiger partial charge in [-0.25, -0.2) is 0 Å². The first kappa shape index (κ1) is 29.4. The highest BCUT2D eigenvalue weighted by Crippen LogP contribution is 2.44. The molecular formula is C52H30O2. The fraction of sp³-hybridized carbons (Fsp3) is 0. The van der Waals surface area contributed by atoms with Crippen molar-refractivity contribution in [3.63, 3.8) is 0 Å². The second kappa shape index (κ2) is 11.2. The molecule has 0 aliphatic heterocycles. The summed E-state index contributed by atoms with van der Waals surface area (Å²) in [5, 5.41) is 14.3. The molecule has 2 heteroatoms. The van der Waals surface area contributed by atoms with Crippen molar-refractivity contribution >= 4 is 87.0 Å². The Morgan fingerprint density at radius 2 is 0.667 bits per heavy atom. The Morgan fingerprint density at radius 1 is 0.222 bits per heavy atom. The average Bonchev–Trinajstić information content (AvgIpc) is 3.77. The summed E-state index contributed by atoms with van der Waals surface area (Å²) in [5.41, 5.74) is 10.9. The van der Waals surface area contributed by atoms with E-state index in [1.54, 1.807) is 0 Å². The Kier molecular flexibility index (Phi) is 6.09. The third-order valence-corrected chi connectivity index (χ3v) is 11.4. The normalized spacial score (nSPS) is 12.1. The van der Waals surface area contributed by atoms with Crippen molar-refractivity contribution in [1.82, 2.24) is 0 Å². The van der Waals surface area contributed by atoms with Crippen LogP contribution < -0.4 is 0 Å². The molecule has 0 N–H and O–H groups in total. The van der Waals surface area contributed by atoms with Crippen molar-refractivity contribution in [3.05, 3.63) is 182 Å². The Balaban J connectivity index is 0.956. The molecule has 0 fully saturated rings. The molecule has 2 aromatic heterocycles. The molecule has 0 aliphatic rings. The van der Waals surface area contributed by atoms with Crippen LogP contribution in [0.3, 0.4) is 0 Å². The van der Waals surface area contributed by atoms with Crippen LogP contribution in [0.25, 0.3) is 120 Å². The Morgan fingerprint density at radius 3 is 1.33 bits per heavy atom. The smallest absolute Gasteiger partial charge is 0.139 e. The predicted octanol–water partition coefficient (Wildman–Crippen LogP) is 15.1. The van der Waals surface area contributed by atoms with Crippen molar-refractivity contribution < 1.29 is 8.83 Å². The maximum atomic E-state index is 6.44. The van der Waals surface area contributed by atoms with Crippen molar-refractivity contribution in [2.45, 2.75) is 0 Å². The zero-order valence-electron chi connectivity index (χ0n) is 29.1. The molecule has 2 heterocycles. The van der Waals surface area contributed by atoms with Crippen LogP contribution in [0.1, 0.15) is 0 Å². The average molecular weight is 687 g/mol. The van der Waals surface area contributed by atoms with E-state index < -0.39 is 0 Å². The van der Waals surface area contributed by atoms with E-state index in [2.05, 4.69) is 164 Å². The minimum Gasteiger partial charge on any atom is -0.456 e. The van der Waals surface area contributed by atoms with E-state index in [-0.39, 0.29) is 0 Å². The van der Waals surface area contributed by atoms with Crippen molar-refractivity contribution in [2.75, 3.05) is 0 Å². The van der Waals surface area contributed by atoms with E-state index in [0.29, 0.717) is 0 Å². The van der Waals surface area contributed by atoms with Gasteiger partial charge in [-0.15, -0.1) is 0 Å². The third-order valence-electron chi connectivity index (χ3n) is 11.4. The van der Waals surface area contributed by atoms with Crippen LogP contribution in [-0.4, -0.2) is 0 Å². The Hall–Kier alpha value is -7.16. The molecule has 12 rings (SSSR count). The minimum atomic E-state index is 0.842. The lowest BCUT2D eigenvalue weighted by molar-refractivity contribution is 0.656. The SMILES string of the molecule is c1ccc(-c2c3ccccc3c(-c3ccc4cc(-c5ccc6cc7c(cc6c5)oc5cc6oc8ccccc8c6cc57)ccc4c3)c3ccccc23)cc1. The van der Waals surface area contributed by atoms with Gasteiger partial charge in [0.25, 0.3) is 0 Å². The molecule has 0 aliphatic carbocycles. The third kappa shape index (κ3) is 4.34. The van der Waals surface area contributed by atoms with Gasteiger partial charge in [-0.2, -0.15) is 0 Å². The zero-order valence-corrected chi connectivity index (χ0v) is 29.1. The lowest BCUT2D eigenvalue weighted by Gasteiger charge is -2.18. The van der Waals surface area contributed by atoms with Crippen LogP contribution in [0.5, 0.6) is 0 Å². The van der Waals surface area contributed by atoms with E-state index in [9.17, 15) is 0 Å². The molecule has 0 atom stereocenters. The second-order valence-electron chi connectivity index (χ2n) is 14.4. The summed E-state index contributed by atoms with van der Waals surface area (Å²) >= 11 is 0. The topological polar surface area (TPSA) is 26.3 Å². The van der Waals surface area contributed by atoms with Crippen LogP contribution >= 0.6 is 0 Å². The van der Waals surface area contributed by atoms with E-state index >= 15 is 0 Å². The molecule has 0 spiro atoms. The molecule has 0 unspecified atom stereocenters. The Labute approximate surface area is 310 Å². The molecular weight excluding hydrogens is 657 g/mol. The van der Waals surface area contributed by atoms with E-state index in [4.69, 9.17) is 8.83 Å². The van der Waals surface area contributed by atoms with Crippen LogP contribution in [-0.2, 0) is 0 Å².